The van der Waals surface area contributed by atoms with Crippen molar-refractivity contribution in [2.75, 3.05) is 24.6 Å². The van der Waals surface area contributed by atoms with Crippen LogP contribution in [0.25, 0.3) is 0 Å². The van der Waals surface area contributed by atoms with Crippen molar-refractivity contribution >= 4 is 5.82 Å². The molecule has 0 aromatic carbocycles. The van der Waals surface area contributed by atoms with Crippen LogP contribution < -0.4 is 10.2 Å². The third-order valence-corrected chi connectivity index (χ3v) is 3.02. The van der Waals surface area contributed by atoms with Crippen LogP contribution in [-0.4, -0.2) is 35.8 Å². The first-order chi connectivity index (χ1) is 8.83. The number of anilines is 1. The largest absolute Gasteiger partial charge is 0.395 e. The van der Waals surface area contributed by atoms with Crippen LogP contribution in [0.3, 0.4) is 0 Å². The summed E-state index contributed by atoms with van der Waals surface area (Å²) in [6, 6.07) is 4.81. The number of aliphatic hydroxyl groups is 1. The fourth-order valence-corrected chi connectivity index (χ4v) is 1.83. The van der Waals surface area contributed by atoms with Gasteiger partial charge in [0.1, 0.15) is 5.82 Å². The zero-order valence-corrected chi connectivity index (χ0v) is 10.7. The molecule has 1 aromatic heterocycles. The lowest BCUT2D eigenvalue weighted by Gasteiger charge is -2.21. The molecule has 1 aromatic rings. The van der Waals surface area contributed by atoms with E-state index in [2.05, 4.69) is 22.9 Å². The van der Waals surface area contributed by atoms with Crippen molar-refractivity contribution in [1.82, 2.24) is 10.3 Å². The van der Waals surface area contributed by atoms with Gasteiger partial charge in [-0.25, -0.2) is 4.98 Å². The lowest BCUT2D eigenvalue weighted by molar-refractivity contribution is 0.302. The standard InChI is InChI=1S/C14H21N3O/c1-2-7-17(8-9-18)14-6-3-12(11-16-14)10-15-13-4-5-13/h2-3,6,11,13,15,18H,1,4-5,7-10H2. The van der Waals surface area contributed by atoms with Crippen LogP contribution in [0.4, 0.5) is 5.82 Å². The van der Waals surface area contributed by atoms with E-state index in [4.69, 9.17) is 5.11 Å². The first-order valence-electron chi connectivity index (χ1n) is 6.48. The first kappa shape index (κ1) is 13.1. The Hall–Kier alpha value is -1.39. The monoisotopic (exact) mass is 247 g/mol. The summed E-state index contributed by atoms with van der Waals surface area (Å²) in [6.45, 7) is 6.02. The molecule has 1 fully saturated rings. The molecule has 0 radical (unpaired) electrons. The van der Waals surface area contributed by atoms with Crippen LogP contribution in [0, 0.1) is 0 Å². The minimum atomic E-state index is 0.126. The smallest absolute Gasteiger partial charge is 0.128 e. The molecule has 1 aliphatic rings. The van der Waals surface area contributed by atoms with E-state index in [0.717, 1.165) is 18.4 Å². The van der Waals surface area contributed by atoms with Crippen LogP contribution in [0.15, 0.2) is 31.0 Å². The van der Waals surface area contributed by atoms with E-state index in [0.29, 0.717) is 13.1 Å². The molecule has 0 spiro atoms. The molecule has 0 bridgehead atoms. The first-order valence-corrected chi connectivity index (χ1v) is 6.48. The highest BCUT2D eigenvalue weighted by Gasteiger charge is 2.19. The minimum Gasteiger partial charge on any atom is -0.395 e. The zero-order chi connectivity index (χ0) is 12.8. The molecule has 1 aliphatic carbocycles. The Labute approximate surface area is 108 Å². The summed E-state index contributed by atoms with van der Waals surface area (Å²) < 4.78 is 0. The number of hydrogen-bond donors (Lipinski definition) is 2. The van der Waals surface area contributed by atoms with Crippen LogP contribution in [0.1, 0.15) is 18.4 Å². The molecule has 0 amide bonds. The summed E-state index contributed by atoms with van der Waals surface area (Å²) in [5.41, 5.74) is 1.20. The van der Waals surface area contributed by atoms with Crippen molar-refractivity contribution in [3.05, 3.63) is 36.5 Å². The number of aromatic nitrogens is 1. The number of rotatable bonds is 8. The van der Waals surface area contributed by atoms with Crippen molar-refractivity contribution in [3.63, 3.8) is 0 Å². The van der Waals surface area contributed by atoms with Crippen molar-refractivity contribution in [1.29, 1.82) is 0 Å². The second-order valence-electron chi connectivity index (χ2n) is 4.64. The summed E-state index contributed by atoms with van der Waals surface area (Å²) >= 11 is 0. The number of nitrogens with zero attached hydrogens (tertiary/aromatic N) is 2. The normalized spacial score (nSPS) is 14.5. The summed E-state index contributed by atoms with van der Waals surface area (Å²) in [4.78, 5) is 6.45. The summed E-state index contributed by atoms with van der Waals surface area (Å²) in [6.07, 6.45) is 6.32. The molecule has 1 heterocycles. The maximum absolute atomic E-state index is 9.02. The van der Waals surface area contributed by atoms with Gasteiger partial charge in [-0.3, -0.25) is 0 Å². The molecule has 0 saturated heterocycles. The van der Waals surface area contributed by atoms with Crippen LogP contribution in [-0.2, 0) is 6.54 Å². The predicted molar refractivity (Wildman–Crippen MR) is 73.6 cm³/mol. The van der Waals surface area contributed by atoms with Gasteiger partial charge in [0.25, 0.3) is 0 Å². The molecule has 0 unspecified atom stereocenters. The molecular formula is C14H21N3O. The molecule has 98 valence electrons. The predicted octanol–water partition coefficient (Wildman–Crippen LogP) is 1.32. The van der Waals surface area contributed by atoms with Crippen molar-refractivity contribution in [2.45, 2.75) is 25.4 Å². The summed E-state index contributed by atoms with van der Waals surface area (Å²) in [5.74, 6) is 0.888. The Bertz CT molecular complexity index is 373. The summed E-state index contributed by atoms with van der Waals surface area (Å²) in [5, 5.41) is 12.5. The highest BCUT2D eigenvalue weighted by atomic mass is 16.3. The third kappa shape index (κ3) is 3.82. The van der Waals surface area contributed by atoms with E-state index in [1.807, 2.05) is 23.2 Å². The summed E-state index contributed by atoms with van der Waals surface area (Å²) in [7, 11) is 0. The van der Waals surface area contributed by atoms with E-state index in [1.54, 1.807) is 0 Å². The number of nitrogens with one attached hydrogen (secondary N) is 1. The van der Waals surface area contributed by atoms with E-state index in [-0.39, 0.29) is 6.61 Å². The maximum atomic E-state index is 9.02. The highest BCUT2D eigenvalue weighted by Crippen LogP contribution is 2.19. The zero-order valence-electron chi connectivity index (χ0n) is 10.7. The fraction of sp³-hybridized carbons (Fsp3) is 0.500. The Balaban J connectivity index is 1.92. The molecular weight excluding hydrogens is 226 g/mol. The Kier molecular flexibility index (Phi) is 4.73. The van der Waals surface area contributed by atoms with E-state index in [1.165, 1.54) is 18.4 Å². The fourth-order valence-electron chi connectivity index (χ4n) is 1.83. The number of hydrogen-bond acceptors (Lipinski definition) is 4. The van der Waals surface area contributed by atoms with E-state index >= 15 is 0 Å². The van der Waals surface area contributed by atoms with Crippen LogP contribution >= 0.6 is 0 Å². The van der Waals surface area contributed by atoms with Gasteiger partial charge in [0.05, 0.1) is 6.61 Å². The van der Waals surface area contributed by atoms with Gasteiger partial charge in [-0.05, 0) is 24.5 Å². The highest BCUT2D eigenvalue weighted by molar-refractivity contribution is 5.40. The topological polar surface area (TPSA) is 48.4 Å². The van der Waals surface area contributed by atoms with Crippen molar-refractivity contribution < 1.29 is 5.11 Å². The van der Waals surface area contributed by atoms with E-state index < -0.39 is 0 Å². The second-order valence-corrected chi connectivity index (χ2v) is 4.64. The Morgan fingerprint density at radius 1 is 1.50 bits per heavy atom. The van der Waals surface area contributed by atoms with Gasteiger partial charge in [-0.15, -0.1) is 6.58 Å². The molecule has 2 rings (SSSR count). The molecule has 18 heavy (non-hydrogen) atoms. The Morgan fingerprint density at radius 2 is 2.33 bits per heavy atom. The van der Waals surface area contributed by atoms with Gasteiger partial charge < -0.3 is 15.3 Å². The Morgan fingerprint density at radius 3 is 2.89 bits per heavy atom. The maximum Gasteiger partial charge on any atom is 0.128 e. The molecule has 1 saturated carbocycles. The van der Waals surface area contributed by atoms with Gasteiger partial charge in [0.15, 0.2) is 0 Å². The molecule has 4 heteroatoms. The van der Waals surface area contributed by atoms with Gasteiger partial charge in [0, 0.05) is 31.9 Å². The lowest BCUT2D eigenvalue weighted by atomic mass is 10.2. The SMILES string of the molecule is C=CCN(CCO)c1ccc(CNC2CC2)cn1. The van der Waals surface area contributed by atoms with Crippen molar-refractivity contribution in [2.24, 2.45) is 0 Å². The average molecular weight is 247 g/mol. The van der Waals surface area contributed by atoms with Gasteiger partial charge in [0.2, 0.25) is 0 Å². The van der Waals surface area contributed by atoms with Crippen LogP contribution in [0.5, 0.6) is 0 Å². The minimum absolute atomic E-state index is 0.126. The van der Waals surface area contributed by atoms with E-state index in [9.17, 15) is 0 Å². The number of pyridine rings is 1. The van der Waals surface area contributed by atoms with Crippen molar-refractivity contribution in [3.8, 4) is 0 Å². The lowest BCUT2D eigenvalue weighted by Crippen LogP contribution is -2.27. The van der Waals surface area contributed by atoms with Gasteiger partial charge in [-0.1, -0.05) is 12.1 Å². The average Bonchev–Trinajstić information content (AvgIpc) is 3.21. The van der Waals surface area contributed by atoms with Crippen LogP contribution in [0.2, 0.25) is 0 Å². The quantitative estimate of drug-likeness (QED) is 0.680. The number of aliphatic hydroxyl groups excluding tert-OH is 1. The molecule has 2 N–H and O–H groups in total. The van der Waals surface area contributed by atoms with Gasteiger partial charge >= 0.3 is 0 Å². The molecule has 4 nitrogen and oxygen atoms in total. The van der Waals surface area contributed by atoms with Gasteiger partial charge in [-0.2, -0.15) is 0 Å². The third-order valence-electron chi connectivity index (χ3n) is 3.02. The molecule has 0 atom stereocenters. The second kappa shape index (κ2) is 6.52. The molecule has 0 aliphatic heterocycles.